The first kappa shape index (κ1) is 17.5. The lowest BCUT2D eigenvalue weighted by atomic mass is 10.2. The van der Waals surface area contributed by atoms with Gasteiger partial charge in [0, 0.05) is 11.9 Å². The van der Waals surface area contributed by atoms with Gasteiger partial charge in [-0.2, -0.15) is 0 Å². The Morgan fingerprint density at radius 3 is 2.32 bits per heavy atom. The van der Waals surface area contributed by atoms with E-state index in [9.17, 15) is 0 Å². The van der Waals surface area contributed by atoms with Crippen LogP contribution in [-0.4, -0.2) is 10.0 Å². The van der Waals surface area contributed by atoms with Gasteiger partial charge in [0.05, 0.1) is 10.7 Å². The maximum absolute atomic E-state index is 4.76. The van der Waals surface area contributed by atoms with Gasteiger partial charge in [0.2, 0.25) is 0 Å². The summed E-state index contributed by atoms with van der Waals surface area (Å²) < 4.78 is 0. The van der Waals surface area contributed by atoms with Crippen molar-refractivity contribution in [3.63, 3.8) is 0 Å². The first-order chi connectivity index (χ1) is 12.4. The first-order valence-corrected chi connectivity index (χ1v) is 9.81. The average Bonchev–Trinajstić information content (AvgIpc) is 2.68. The molecule has 1 aromatic heterocycles. The molecule has 124 valence electrons. The lowest BCUT2D eigenvalue weighted by Crippen LogP contribution is -1.89. The fraction of sp³-hybridized carbons (Fsp3) is 0.0476. The van der Waals surface area contributed by atoms with Gasteiger partial charge in [-0.05, 0) is 41.3 Å². The minimum Gasteiger partial charge on any atom is -0.250 e. The molecule has 0 aliphatic heterocycles. The van der Waals surface area contributed by atoms with Gasteiger partial charge in [-0.15, -0.1) is 11.8 Å². The Hall–Kier alpha value is -2.30. The van der Waals surface area contributed by atoms with Gasteiger partial charge >= 0.3 is 0 Å². The van der Waals surface area contributed by atoms with Crippen LogP contribution in [0.25, 0.3) is 0 Å². The second-order valence-corrected chi connectivity index (χ2v) is 7.07. The Morgan fingerprint density at radius 1 is 0.880 bits per heavy atom. The molecule has 0 N–H and O–H groups in total. The molecule has 3 rings (SSSR count). The SMILES string of the molecule is C(=CC(=Nc1ccccc1)SCc1ccccc1)Sc1ccccn1. The topological polar surface area (TPSA) is 25.2 Å². The summed E-state index contributed by atoms with van der Waals surface area (Å²) in [6.45, 7) is 0. The number of hydrogen-bond acceptors (Lipinski definition) is 4. The molecule has 0 saturated heterocycles. The van der Waals surface area contributed by atoms with Gasteiger partial charge in [-0.25, -0.2) is 9.98 Å². The van der Waals surface area contributed by atoms with Crippen molar-refractivity contribution in [2.45, 2.75) is 10.8 Å². The number of thioether (sulfide) groups is 2. The van der Waals surface area contributed by atoms with Crippen LogP contribution < -0.4 is 0 Å². The predicted molar refractivity (Wildman–Crippen MR) is 111 cm³/mol. The quantitative estimate of drug-likeness (QED) is 0.290. The van der Waals surface area contributed by atoms with Crippen molar-refractivity contribution in [3.8, 4) is 0 Å². The van der Waals surface area contributed by atoms with Crippen LogP contribution in [-0.2, 0) is 5.75 Å². The molecule has 0 aliphatic carbocycles. The highest BCUT2D eigenvalue weighted by atomic mass is 32.2. The highest BCUT2D eigenvalue weighted by Crippen LogP contribution is 2.22. The minimum atomic E-state index is 0.894. The van der Waals surface area contributed by atoms with Gasteiger partial charge in [0.15, 0.2) is 0 Å². The van der Waals surface area contributed by atoms with Crippen molar-refractivity contribution in [2.75, 3.05) is 0 Å². The van der Waals surface area contributed by atoms with Gasteiger partial charge in [-0.3, -0.25) is 0 Å². The Kier molecular flexibility index (Phi) is 6.91. The molecular formula is C21H18N2S2. The molecule has 0 radical (unpaired) electrons. The average molecular weight is 363 g/mol. The number of rotatable bonds is 6. The minimum absolute atomic E-state index is 0.894. The zero-order chi connectivity index (χ0) is 17.2. The van der Waals surface area contributed by atoms with E-state index >= 15 is 0 Å². The highest BCUT2D eigenvalue weighted by Gasteiger charge is 2.00. The second kappa shape index (κ2) is 9.87. The smallest absolute Gasteiger partial charge is 0.100 e. The van der Waals surface area contributed by atoms with Gasteiger partial charge < -0.3 is 0 Å². The summed E-state index contributed by atoms with van der Waals surface area (Å²) in [6, 6.07) is 26.4. The number of aliphatic imine (C=N–C) groups is 1. The van der Waals surface area contributed by atoms with E-state index in [0.29, 0.717) is 0 Å². The van der Waals surface area contributed by atoms with Crippen LogP contribution in [0.2, 0.25) is 0 Å². The fourth-order valence-electron chi connectivity index (χ4n) is 2.06. The molecule has 0 unspecified atom stereocenters. The molecule has 0 bridgehead atoms. The molecule has 25 heavy (non-hydrogen) atoms. The van der Waals surface area contributed by atoms with Gasteiger partial charge in [0.1, 0.15) is 5.03 Å². The van der Waals surface area contributed by atoms with E-state index in [0.717, 1.165) is 21.5 Å². The molecule has 0 aliphatic rings. The summed E-state index contributed by atoms with van der Waals surface area (Å²) in [5.74, 6) is 0.894. The summed E-state index contributed by atoms with van der Waals surface area (Å²) in [5.41, 5.74) is 2.25. The Morgan fingerprint density at radius 2 is 1.60 bits per heavy atom. The lowest BCUT2D eigenvalue weighted by Gasteiger charge is -2.03. The Labute approximate surface area is 157 Å². The van der Waals surface area contributed by atoms with Gasteiger partial charge in [0.25, 0.3) is 0 Å². The van der Waals surface area contributed by atoms with Crippen molar-refractivity contribution in [1.82, 2.24) is 4.98 Å². The number of pyridine rings is 1. The monoisotopic (exact) mass is 362 g/mol. The van der Waals surface area contributed by atoms with E-state index in [-0.39, 0.29) is 0 Å². The molecule has 0 amide bonds. The van der Waals surface area contributed by atoms with E-state index in [2.05, 4.69) is 35.3 Å². The van der Waals surface area contributed by atoms with Crippen molar-refractivity contribution in [1.29, 1.82) is 0 Å². The Bertz CT molecular complexity index is 816. The maximum atomic E-state index is 4.76. The number of nitrogens with zero attached hydrogens (tertiary/aromatic N) is 2. The normalized spacial score (nSPS) is 11.8. The summed E-state index contributed by atoms with van der Waals surface area (Å²) in [4.78, 5) is 9.08. The van der Waals surface area contributed by atoms with Crippen LogP contribution in [0.1, 0.15) is 5.56 Å². The Balaban J connectivity index is 1.71. The van der Waals surface area contributed by atoms with Crippen LogP contribution in [0.4, 0.5) is 5.69 Å². The molecule has 1 heterocycles. The van der Waals surface area contributed by atoms with E-state index in [4.69, 9.17) is 4.99 Å². The third-order valence-corrected chi connectivity index (χ3v) is 5.02. The lowest BCUT2D eigenvalue weighted by molar-refractivity contribution is 1.14. The largest absolute Gasteiger partial charge is 0.250 e. The zero-order valence-electron chi connectivity index (χ0n) is 13.7. The van der Waals surface area contributed by atoms with Crippen molar-refractivity contribution in [2.24, 2.45) is 4.99 Å². The van der Waals surface area contributed by atoms with Crippen LogP contribution >= 0.6 is 23.5 Å². The van der Waals surface area contributed by atoms with Crippen molar-refractivity contribution >= 4 is 34.3 Å². The van der Waals surface area contributed by atoms with E-state index < -0.39 is 0 Å². The highest BCUT2D eigenvalue weighted by molar-refractivity contribution is 8.13. The molecule has 4 heteroatoms. The first-order valence-electron chi connectivity index (χ1n) is 7.95. The molecule has 0 fully saturated rings. The number of hydrogen-bond donors (Lipinski definition) is 0. The predicted octanol–water partition coefficient (Wildman–Crippen LogP) is 6.35. The van der Waals surface area contributed by atoms with Crippen molar-refractivity contribution < 1.29 is 0 Å². The number of benzene rings is 2. The molecule has 0 spiro atoms. The maximum Gasteiger partial charge on any atom is 0.100 e. The van der Waals surface area contributed by atoms with Crippen LogP contribution in [0.5, 0.6) is 0 Å². The molecular weight excluding hydrogens is 344 g/mol. The molecule has 3 aromatic rings. The summed E-state index contributed by atoms with van der Waals surface area (Å²) in [5, 5.41) is 4.01. The van der Waals surface area contributed by atoms with Gasteiger partial charge in [-0.1, -0.05) is 66.4 Å². The summed E-state index contributed by atoms with van der Waals surface area (Å²) in [7, 11) is 0. The third-order valence-electron chi connectivity index (χ3n) is 3.26. The van der Waals surface area contributed by atoms with E-state index in [1.165, 1.54) is 5.56 Å². The summed E-state index contributed by atoms with van der Waals surface area (Å²) >= 11 is 3.33. The van der Waals surface area contributed by atoms with Crippen LogP contribution in [0.15, 0.2) is 107 Å². The molecule has 2 aromatic carbocycles. The van der Waals surface area contributed by atoms with Crippen molar-refractivity contribution in [3.05, 3.63) is 102 Å². The third kappa shape index (κ3) is 6.25. The van der Waals surface area contributed by atoms with Crippen LogP contribution in [0.3, 0.4) is 0 Å². The van der Waals surface area contributed by atoms with E-state index in [1.54, 1.807) is 29.7 Å². The van der Waals surface area contributed by atoms with Crippen LogP contribution in [0, 0.1) is 0 Å². The van der Waals surface area contributed by atoms with E-state index in [1.807, 2.05) is 60.0 Å². The molecule has 0 saturated carbocycles. The molecule has 2 nitrogen and oxygen atoms in total. The second-order valence-electron chi connectivity index (χ2n) is 5.15. The zero-order valence-corrected chi connectivity index (χ0v) is 15.3. The molecule has 0 atom stereocenters. The summed E-state index contributed by atoms with van der Waals surface area (Å²) in [6.07, 6.45) is 3.86. The standard InChI is InChI=1S/C21H18N2S2/c1-3-9-18(10-4-1)17-25-21(23-19-11-5-2-6-12-19)14-16-24-20-13-7-8-15-22-20/h1-16H,17H2. The fourth-order valence-corrected chi connectivity index (χ4v) is 3.60. The number of para-hydroxylation sites is 1. The number of aromatic nitrogens is 1.